The third kappa shape index (κ3) is 5.47. The third-order valence-electron chi connectivity index (χ3n) is 4.13. The van der Waals surface area contributed by atoms with Crippen LogP contribution in [-0.2, 0) is 11.4 Å². The summed E-state index contributed by atoms with van der Waals surface area (Å²) in [6.45, 7) is 0.412. The number of methoxy groups -OCH3 is 1. The third-order valence-corrected chi connectivity index (χ3v) is 4.13. The fraction of sp³-hybridized carbons (Fsp3) is 0.0833. The summed E-state index contributed by atoms with van der Waals surface area (Å²) in [5, 5.41) is 12.1. The van der Waals surface area contributed by atoms with Gasteiger partial charge in [-0.1, -0.05) is 54.6 Å². The number of ether oxygens (including phenoxy) is 2. The van der Waals surface area contributed by atoms with Crippen molar-refractivity contribution in [2.45, 2.75) is 6.61 Å². The minimum absolute atomic E-state index is 0.00569. The predicted octanol–water partition coefficient (Wildman–Crippen LogP) is 4.82. The Balaban J connectivity index is 1.75. The highest BCUT2D eigenvalue weighted by molar-refractivity contribution is 6.09. The van der Waals surface area contributed by atoms with Crippen LogP contribution >= 0.6 is 0 Å². The van der Waals surface area contributed by atoms with Gasteiger partial charge in [-0.15, -0.1) is 0 Å². The lowest BCUT2D eigenvalue weighted by Gasteiger charge is -2.11. The van der Waals surface area contributed by atoms with Crippen molar-refractivity contribution in [1.82, 2.24) is 0 Å². The van der Waals surface area contributed by atoms with Crippen LogP contribution in [0.4, 0.5) is 5.69 Å². The molecule has 0 atom stereocenters. The lowest BCUT2D eigenvalue weighted by molar-refractivity contribution is -0.112. The molecular weight excluding hydrogens is 364 g/mol. The molecule has 0 saturated carbocycles. The molecule has 0 aliphatic rings. The molecule has 0 aliphatic carbocycles. The minimum atomic E-state index is -0.470. The van der Waals surface area contributed by atoms with Crippen LogP contribution in [-0.4, -0.2) is 13.0 Å². The molecule has 0 bridgehead atoms. The van der Waals surface area contributed by atoms with Crippen molar-refractivity contribution in [3.8, 4) is 17.6 Å². The van der Waals surface area contributed by atoms with Crippen LogP contribution < -0.4 is 14.8 Å². The summed E-state index contributed by atoms with van der Waals surface area (Å²) in [6.07, 6.45) is 1.52. The zero-order chi connectivity index (χ0) is 20.5. The van der Waals surface area contributed by atoms with E-state index >= 15 is 0 Å². The number of benzene rings is 3. The first-order chi connectivity index (χ1) is 14.2. The van der Waals surface area contributed by atoms with Gasteiger partial charge < -0.3 is 14.8 Å². The van der Waals surface area contributed by atoms with Crippen molar-refractivity contribution >= 4 is 17.7 Å². The SMILES string of the molecule is COc1cc(/C=C(\C#N)C(=O)Nc2ccccc2)ccc1OCc1ccccc1. The lowest BCUT2D eigenvalue weighted by atomic mass is 10.1. The van der Waals surface area contributed by atoms with Gasteiger partial charge in [0.1, 0.15) is 18.2 Å². The van der Waals surface area contributed by atoms with Gasteiger partial charge in [-0.25, -0.2) is 0 Å². The second-order valence-electron chi connectivity index (χ2n) is 6.17. The van der Waals surface area contributed by atoms with Gasteiger partial charge in [0.05, 0.1) is 7.11 Å². The molecular formula is C24H20N2O3. The van der Waals surface area contributed by atoms with Crippen LogP contribution in [0, 0.1) is 11.3 Å². The Hall–Kier alpha value is -4.04. The van der Waals surface area contributed by atoms with E-state index in [1.165, 1.54) is 6.08 Å². The summed E-state index contributed by atoms with van der Waals surface area (Å²) in [7, 11) is 1.55. The minimum Gasteiger partial charge on any atom is -0.493 e. The number of anilines is 1. The molecule has 3 aromatic rings. The number of nitrogens with one attached hydrogen (secondary N) is 1. The van der Waals surface area contributed by atoms with E-state index < -0.39 is 5.91 Å². The van der Waals surface area contributed by atoms with E-state index in [-0.39, 0.29) is 5.57 Å². The molecule has 29 heavy (non-hydrogen) atoms. The number of carbonyl (C=O) groups is 1. The monoisotopic (exact) mass is 384 g/mol. The smallest absolute Gasteiger partial charge is 0.266 e. The molecule has 3 rings (SSSR count). The molecule has 1 N–H and O–H groups in total. The quantitative estimate of drug-likeness (QED) is 0.468. The van der Waals surface area contributed by atoms with Crippen molar-refractivity contribution in [2.24, 2.45) is 0 Å². The number of hydrogen-bond donors (Lipinski definition) is 1. The van der Waals surface area contributed by atoms with Gasteiger partial charge in [-0.05, 0) is 41.5 Å². The largest absolute Gasteiger partial charge is 0.493 e. The van der Waals surface area contributed by atoms with E-state index in [0.29, 0.717) is 29.4 Å². The van der Waals surface area contributed by atoms with Gasteiger partial charge in [-0.3, -0.25) is 4.79 Å². The second kappa shape index (κ2) is 9.77. The van der Waals surface area contributed by atoms with Crippen LogP contribution in [0.15, 0.2) is 84.4 Å². The summed E-state index contributed by atoms with van der Waals surface area (Å²) in [5.41, 5.74) is 2.33. The molecule has 5 heteroatoms. The maximum absolute atomic E-state index is 12.4. The van der Waals surface area contributed by atoms with Gasteiger partial charge >= 0.3 is 0 Å². The topological polar surface area (TPSA) is 71.3 Å². The fourth-order valence-corrected chi connectivity index (χ4v) is 2.66. The molecule has 1 amide bonds. The van der Waals surface area contributed by atoms with E-state index in [2.05, 4.69) is 5.32 Å². The molecule has 0 saturated heterocycles. The summed E-state index contributed by atoms with van der Waals surface area (Å²) in [5.74, 6) is 0.637. The Morgan fingerprint density at radius 2 is 1.69 bits per heavy atom. The highest BCUT2D eigenvalue weighted by Crippen LogP contribution is 2.29. The molecule has 5 nitrogen and oxygen atoms in total. The number of para-hydroxylation sites is 1. The van der Waals surface area contributed by atoms with Gasteiger partial charge in [0.25, 0.3) is 5.91 Å². The van der Waals surface area contributed by atoms with E-state index in [9.17, 15) is 10.1 Å². The molecule has 0 aromatic heterocycles. The average molecular weight is 384 g/mol. The Morgan fingerprint density at radius 1 is 1.00 bits per heavy atom. The zero-order valence-corrected chi connectivity index (χ0v) is 16.0. The van der Waals surface area contributed by atoms with Crippen LogP contribution in [0.5, 0.6) is 11.5 Å². The molecule has 0 unspecified atom stereocenters. The highest BCUT2D eigenvalue weighted by Gasteiger charge is 2.11. The first-order valence-electron chi connectivity index (χ1n) is 9.02. The first-order valence-corrected chi connectivity index (χ1v) is 9.02. The first kappa shape index (κ1) is 19.7. The number of carbonyl (C=O) groups excluding carboxylic acids is 1. The molecule has 3 aromatic carbocycles. The van der Waals surface area contributed by atoms with Gasteiger partial charge in [0.2, 0.25) is 0 Å². The van der Waals surface area contributed by atoms with Crippen molar-refractivity contribution in [2.75, 3.05) is 12.4 Å². The Morgan fingerprint density at radius 3 is 2.34 bits per heavy atom. The maximum atomic E-state index is 12.4. The predicted molar refractivity (Wildman–Crippen MR) is 112 cm³/mol. The van der Waals surface area contributed by atoms with Crippen LogP contribution in [0.1, 0.15) is 11.1 Å². The maximum Gasteiger partial charge on any atom is 0.266 e. The number of amides is 1. The molecule has 0 aliphatic heterocycles. The molecule has 0 heterocycles. The van der Waals surface area contributed by atoms with Gasteiger partial charge in [-0.2, -0.15) is 5.26 Å². The Labute approximate surface area is 169 Å². The number of rotatable bonds is 7. The fourth-order valence-electron chi connectivity index (χ4n) is 2.66. The second-order valence-corrected chi connectivity index (χ2v) is 6.17. The standard InChI is InChI=1S/C24H20N2O3/c1-28-23-15-19(12-13-22(23)29-17-18-8-4-2-5-9-18)14-20(16-25)24(27)26-21-10-6-3-7-11-21/h2-15H,17H2,1H3,(H,26,27)/b20-14+. The van der Waals surface area contributed by atoms with Crippen LogP contribution in [0.2, 0.25) is 0 Å². The number of nitriles is 1. The van der Waals surface area contributed by atoms with Crippen molar-refractivity contribution < 1.29 is 14.3 Å². The van der Waals surface area contributed by atoms with E-state index in [1.807, 2.05) is 54.6 Å². The van der Waals surface area contributed by atoms with Crippen LogP contribution in [0.3, 0.4) is 0 Å². The average Bonchev–Trinajstić information content (AvgIpc) is 2.77. The van der Waals surface area contributed by atoms with Crippen molar-refractivity contribution in [3.05, 3.63) is 95.6 Å². The van der Waals surface area contributed by atoms with Crippen molar-refractivity contribution in [3.63, 3.8) is 0 Å². The van der Waals surface area contributed by atoms with E-state index in [4.69, 9.17) is 9.47 Å². The Kier molecular flexibility index (Phi) is 6.64. The highest BCUT2D eigenvalue weighted by atomic mass is 16.5. The lowest BCUT2D eigenvalue weighted by Crippen LogP contribution is -2.13. The zero-order valence-electron chi connectivity index (χ0n) is 16.0. The van der Waals surface area contributed by atoms with Crippen molar-refractivity contribution in [1.29, 1.82) is 5.26 Å². The molecule has 0 radical (unpaired) electrons. The van der Waals surface area contributed by atoms with Gasteiger partial charge in [0, 0.05) is 5.69 Å². The molecule has 144 valence electrons. The summed E-state index contributed by atoms with van der Waals surface area (Å²) in [4.78, 5) is 12.4. The van der Waals surface area contributed by atoms with Gasteiger partial charge in [0.15, 0.2) is 11.5 Å². The molecule has 0 spiro atoms. The van der Waals surface area contributed by atoms with E-state index in [1.54, 1.807) is 37.4 Å². The number of nitrogens with zero attached hydrogens (tertiary/aromatic N) is 1. The number of hydrogen-bond acceptors (Lipinski definition) is 4. The Bertz CT molecular complexity index is 1040. The normalized spacial score (nSPS) is 10.7. The molecule has 0 fully saturated rings. The van der Waals surface area contributed by atoms with Crippen LogP contribution in [0.25, 0.3) is 6.08 Å². The van der Waals surface area contributed by atoms with E-state index in [0.717, 1.165) is 5.56 Å². The summed E-state index contributed by atoms with van der Waals surface area (Å²) < 4.78 is 11.2. The summed E-state index contributed by atoms with van der Waals surface area (Å²) >= 11 is 0. The summed E-state index contributed by atoms with van der Waals surface area (Å²) in [6, 6.07) is 26.0.